The van der Waals surface area contributed by atoms with Crippen molar-refractivity contribution in [2.24, 2.45) is 11.8 Å². The fourth-order valence-electron chi connectivity index (χ4n) is 3.08. The molecule has 1 unspecified atom stereocenters. The van der Waals surface area contributed by atoms with Crippen LogP contribution in [0.15, 0.2) is 18.2 Å². The Morgan fingerprint density at radius 2 is 1.94 bits per heavy atom. The molecule has 0 N–H and O–H groups in total. The third-order valence-electron chi connectivity index (χ3n) is 4.25. The summed E-state index contributed by atoms with van der Waals surface area (Å²) < 4.78 is 0. The second-order valence-corrected chi connectivity index (χ2v) is 6.24. The van der Waals surface area contributed by atoms with Gasteiger partial charge in [-0.2, -0.15) is 0 Å². The van der Waals surface area contributed by atoms with Crippen LogP contribution in [0.5, 0.6) is 0 Å². The molecule has 1 aromatic carbocycles. The summed E-state index contributed by atoms with van der Waals surface area (Å²) in [6.07, 6.45) is 7.04. The summed E-state index contributed by atoms with van der Waals surface area (Å²) in [4.78, 5) is 0. The lowest BCUT2D eigenvalue weighted by molar-refractivity contribution is 0.372. The van der Waals surface area contributed by atoms with E-state index in [1.54, 1.807) is 5.56 Å². The van der Waals surface area contributed by atoms with Crippen molar-refractivity contribution in [3.63, 3.8) is 0 Å². The topological polar surface area (TPSA) is 0 Å². The summed E-state index contributed by atoms with van der Waals surface area (Å²) in [7, 11) is 0. The van der Waals surface area contributed by atoms with Crippen molar-refractivity contribution < 1.29 is 0 Å². The first-order chi connectivity index (χ1) is 8.20. The maximum atomic E-state index is 3.73. The molecule has 1 heteroatoms. The molecular weight excluding hydrogens is 272 g/mol. The minimum absolute atomic E-state index is 0.831. The molecule has 0 bridgehead atoms. The van der Waals surface area contributed by atoms with E-state index >= 15 is 0 Å². The van der Waals surface area contributed by atoms with Crippen LogP contribution in [0.4, 0.5) is 0 Å². The molecule has 94 valence electrons. The van der Waals surface area contributed by atoms with Gasteiger partial charge in [0.2, 0.25) is 0 Å². The van der Waals surface area contributed by atoms with Crippen LogP contribution < -0.4 is 0 Å². The van der Waals surface area contributed by atoms with Crippen molar-refractivity contribution in [3.05, 3.63) is 34.9 Å². The number of rotatable bonds is 4. The number of alkyl halides is 1. The van der Waals surface area contributed by atoms with Gasteiger partial charge < -0.3 is 0 Å². The standard InChI is InChI=1S/C16H23Br/c1-12-7-8-13(2)15(9-12)10-16(11-17)14-5-3-4-6-14/h7-9,14,16H,3-6,10-11H2,1-2H3. The molecule has 0 saturated heterocycles. The number of hydrogen-bond acceptors (Lipinski definition) is 0. The Morgan fingerprint density at radius 1 is 1.24 bits per heavy atom. The summed E-state index contributed by atoms with van der Waals surface area (Å²) in [6, 6.07) is 6.86. The van der Waals surface area contributed by atoms with Gasteiger partial charge in [-0.15, -0.1) is 0 Å². The molecule has 1 saturated carbocycles. The van der Waals surface area contributed by atoms with E-state index in [9.17, 15) is 0 Å². The second kappa shape index (κ2) is 6.04. The third kappa shape index (κ3) is 3.34. The maximum absolute atomic E-state index is 3.73. The van der Waals surface area contributed by atoms with E-state index in [1.165, 1.54) is 43.2 Å². The van der Waals surface area contributed by atoms with Gasteiger partial charge >= 0.3 is 0 Å². The molecule has 0 heterocycles. The SMILES string of the molecule is Cc1ccc(C)c(CC(CBr)C2CCCC2)c1. The predicted molar refractivity (Wildman–Crippen MR) is 78.9 cm³/mol. The van der Waals surface area contributed by atoms with E-state index in [-0.39, 0.29) is 0 Å². The molecular formula is C16H23Br. The van der Waals surface area contributed by atoms with Gasteiger partial charge in [-0.1, -0.05) is 65.4 Å². The average Bonchev–Trinajstić information content (AvgIpc) is 2.84. The van der Waals surface area contributed by atoms with Gasteiger partial charge in [-0.05, 0) is 43.2 Å². The first-order valence-electron chi connectivity index (χ1n) is 6.83. The predicted octanol–water partition coefficient (Wildman–Crippen LogP) is 5.05. The summed E-state index contributed by atoms with van der Waals surface area (Å²) in [5.74, 6) is 1.78. The summed E-state index contributed by atoms with van der Waals surface area (Å²) >= 11 is 3.73. The fraction of sp³-hybridized carbons (Fsp3) is 0.625. The first kappa shape index (κ1) is 13.1. The highest BCUT2D eigenvalue weighted by Crippen LogP contribution is 2.34. The van der Waals surface area contributed by atoms with Crippen molar-refractivity contribution in [2.45, 2.75) is 46.0 Å². The first-order valence-corrected chi connectivity index (χ1v) is 7.95. The van der Waals surface area contributed by atoms with Crippen LogP contribution in [-0.2, 0) is 6.42 Å². The third-order valence-corrected chi connectivity index (χ3v) is 5.08. The van der Waals surface area contributed by atoms with Crippen LogP contribution in [0, 0.1) is 25.7 Å². The van der Waals surface area contributed by atoms with Crippen molar-refractivity contribution in [2.75, 3.05) is 5.33 Å². The van der Waals surface area contributed by atoms with E-state index in [1.807, 2.05) is 0 Å². The van der Waals surface area contributed by atoms with Crippen LogP contribution in [-0.4, -0.2) is 5.33 Å². The molecule has 2 rings (SSSR count). The number of benzene rings is 1. The smallest absolute Gasteiger partial charge is 0.00654 e. The molecule has 1 aromatic rings. The van der Waals surface area contributed by atoms with Crippen LogP contribution in [0.25, 0.3) is 0 Å². The van der Waals surface area contributed by atoms with E-state index in [0.717, 1.165) is 17.2 Å². The molecule has 1 aliphatic rings. The molecule has 0 aliphatic heterocycles. The van der Waals surface area contributed by atoms with Crippen molar-refractivity contribution in [3.8, 4) is 0 Å². The van der Waals surface area contributed by atoms with E-state index in [0.29, 0.717) is 0 Å². The molecule has 0 aromatic heterocycles. The van der Waals surface area contributed by atoms with Gasteiger partial charge in [-0.3, -0.25) is 0 Å². The molecule has 0 spiro atoms. The Hall–Kier alpha value is -0.300. The molecule has 1 atom stereocenters. The Kier molecular flexibility index (Phi) is 4.67. The summed E-state index contributed by atoms with van der Waals surface area (Å²) in [6.45, 7) is 4.44. The second-order valence-electron chi connectivity index (χ2n) is 5.59. The molecule has 0 radical (unpaired) electrons. The minimum Gasteiger partial charge on any atom is -0.0925 e. The molecule has 0 amide bonds. The Labute approximate surface area is 114 Å². The van der Waals surface area contributed by atoms with Crippen LogP contribution in [0.2, 0.25) is 0 Å². The normalized spacial score (nSPS) is 18.5. The zero-order valence-electron chi connectivity index (χ0n) is 11.0. The van der Waals surface area contributed by atoms with E-state index < -0.39 is 0 Å². The lowest BCUT2D eigenvalue weighted by Crippen LogP contribution is -2.16. The Bertz CT molecular complexity index is 364. The summed E-state index contributed by atoms with van der Waals surface area (Å²) in [5.41, 5.74) is 4.41. The monoisotopic (exact) mass is 294 g/mol. The zero-order chi connectivity index (χ0) is 12.3. The minimum atomic E-state index is 0.831. The quantitative estimate of drug-likeness (QED) is 0.682. The highest BCUT2D eigenvalue weighted by atomic mass is 79.9. The van der Waals surface area contributed by atoms with Crippen LogP contribution in [0.3, 0.4) is 0 Å². The van der Waals surface area contributed by atoms with Crippen molar-refractivity contribution in [1.29, 1.82) is 0 Å². The largest absolute Gasteiger partial charge is 0.0925 e. The van der Waals surface area contributed by atoms with Gasteiger partial charge in [0.1, 0.15) is 0 Å². The maximum Gasteiger partial charge on any atom is 0.00654 e. The van der Waals surface area contributed by atoms with E-state index in [4.69, 9.17) is 0 Å². The van der Waals surface area contributed by atoms with Gasteiger partial charge in [0.05, 0.1) is 0 Å². The van der Waals surface area contributed by atoms with Gasteiger partial charge in [0.25, 0.3) is 0 Å². The van der Waals surface area contributed by atoms with E-state index in [2.05, 4.69) is 48.0 Å². The zero-order valence-corrected chi connectivity index (χ0v) is 12.6. The number of halogens is 1. The highest BCUT2D eigenvalue weighted by molar-refractivity contribution is 9.09. The van der Waals surface area contributed by atoms with Crippen molar-refractivity contribution in [1.82, 2.24) is 0 Å². The Morgan fingerprint density at radius 3 is 2.59 bits per heavy atom. The average molecular weight is 295 g/mol. The fourth-order valence-corrected chi connectivity index (χ4v) is 3.84. The molecule has 1 fully saturated rings. The van der Waals surface area contributed by atoms with Crippen LogP contribution >= 0.6 is 15.9 Å². The van der Waals surface area contributed by atoms with Gasteiger partial charge in [-0.25, -0.2) is 0 Å². The number of aryl methyl sites for hydroxylation is 2. The lowest BCUT2D eigenvalue weighted by Gasteiger charge is -2.22. The molecule has 1 aliphatic carbocycles. The Balaban J connectivity index is 2.09. The summed E-state index contributed by atoms with van der Waals surface area (Å²) in [5, 5.41) is 1.16. The van der Waals surface area contributed by atoms with Crippen molar-refractivity contribution >= 4 is 15.9 Å². The number of hydrogen-bond donors (Lipinski definition) is 0. The molecule has 0 nitrogen and oxygen atoms in total. The molecule has 17 heavy (non-hydrogen) atoms. The van der Waals surface area contributed by atoms with Gasteiger partial charge in [0, 0.05) is 5.33 Å². The highest BCUT2D eigenvalue weighted by Gasteiger charge is 2.24. The van der Waals surface area contributed by atoms with Gasteiger partial charge in [0.15, 0.2) is 0 Å². The lowest BCUT2D eigenvalue weighted by atomic mass is 9.85. The van der Waals surface area contributed by atoms with Crippen LogP contribution in [0.1, 0.15) is 42.4 Å².